The summed E-state index contributed by atoms with van der Waals surface area (Å²) in [5.74, 6) is 0.0722. The molecule has 116 valence electrons. The van der Waals surface area contributed by atoms with E-state index in [1.54, 1.807) is 24.3 Å². The lowest BCUT2D eigenvalue weighted by Gasteiger charge is -2.08. The second-order valence-corrected chi connectivity index (χ2v) is 6.81. The SMILES string of the molecule is NC(=O)NNc1ccc(NC(=O)CSc2nnc(S)s2)cc1. The van der Waals surface area contributed by atoms with Gasteiger partial charge < -0.3 is 11.1 Å². The molecule has 8 nitrogen and oxygen atoms in total. The van der Waals surface area contributed by atoms with Crippen LogP contribution >= 0.6 is 35.7 Å². The van der Waals surface area contributed by atoms with Gasteiger partial charge in [0.1, 0.15) is 0 Å². The zero-order chi connectivity index (χ0) is 15.9. The largest absolute Gasteiger partial charge is 0.350 e. The van der Waals surface area contributed by atoms with E-state index in [4.69, 9.17) is 5.73 Å². The predicted molar refractivity (Wildman–Crippen MR) is 89.3 cm³/mol. The summed E-state index contributed by atoms with van der Waals surface area (Å²) >= 11 is 6.67. The second kappa shape index (κ2) is 7.87. The van der Waals surface area contributed by atoms with Crippen LogP contribution in [0.1, 0.15) is 0 Å². The van der Waals surface area contributed by atoms with E-state index in [9.17, 15) is 9.59 Å². The number of nitrogens with zero attached hydrogens (tertiary/aromatic N) is 2. The van der Waals surface area contributed by atoms with Crippen molar-refractivity contribution in [3.8, 4) is 0 Å². The maximum atomic E-state index is 11.8. The summed E-state index contributed by atoms with van der Waals surface area (Å²) in [6.07, 6.45) is 0. The monoisotopic (exact) mass is 356 g/mol. The normalized spacial score (nSPS) is 10.0. The van der Waals surface area contributed by atoms with Crippen molar-refractivity contribution < 1.29 is 9.59 Å². The minimum Gasteiger partial charge on any atom is -0.350 e. The summed E-state index contributed by atoms with van der Waals surface area (Å²) in [4.78, 5) is 22.4. The number of anilines is 2. The first-order valence-electron chi connectivity index (χ1n) is 5.89. The number of hydrazine groups is 1. The fraction of sp³-hybridized carbons (Fsp3) is 0.0909. The highest BCUT2D eigenvalue weighted by Crippen LogP contribution is 2.24. The van der Waals surface area contributed by atoms with E-state index in [0.717, 1.165) is 0 Å². The summed E-state index contributed by atoms with van der Waals surface area (Å²) in [6.45, 7) is 0. The molecule has 0 saturated carbocycles. The van der Waals surface area contributed by atoms with Gasteiger partial charge in [-0.15, -0.1) is 22.8 Å². The van der Waals surface area contributed by atoms with E-state index in [2.05, 4.69) is 39.0 Å². The number of benzene rings is 1. The molecule has 2 rings (SSSR count). The third-order valence-electron chi connectivity index (χ3n) is 2.22. The van der Waals surface area contributed by atoms with Crippen LogP contribution in [0.3, 0.4) is 0 Å². The van der Waals surface area contributed by atoms with Gasteiger partial charge in [-0.2, -0.15) is 0 Å². The van der Waals surface area contributed by atoms with Gasteiger partial charge in [0.2, 0.25) is 5.91 Å². The summed E-state index contributed by atoms with van der Waals surface area (Å²) < 4.78 is 1.26. The van der Waals surface area contributed by atoms with Crippen LogP contribution in [0.4, 0.5) is 16.2 Å². The summed E-state index contributed by atoms with van der Waals surface area (Å²) in [5, 5.41) is 10.4. The van der Waals surface area contributed by atoms with Gasteiger partial charge in [0.25, 0.3) is 0 Å². The maximum absolute atomic E-state index is 11.8. The number of thioether (sulfide) groups is 1. The predicted octanol–water partition coefficient (Wildman–Crippen LogP) is 1.55. The topological polar surface area (TPSA) is 122 Å². The van der Waals surface area contributed by atoms with Gasteiger partial charge in [0.15, 0.2) is 8.68 Å². The van der Waals surface area contributed by atoms with Gasteiger partial charge in [0, 0.05) is 5.69 Å². The highest BCUT2D eigenvalue weighted by molar-refractivity contribution is 8.01. The van der Waals surface area contributed by atoms with Crippen LogP contribution < -0.4 is 21.9 Å². The van der Waals surface area contributed by atoms with Gasteiger partial charge >= 0.3 is 6.03 Å². The summed E-state index contributed by atoms with van der Waals surface area (Å²) in [7, 11) is 0. The molecule has 1 aromatic heterocycles. The Morgan fingerprint density at radius 1 is 1.23 bits per heavy atom. The fourth-order valence-corrected chi connectivity index (χ4v) is 3.24. The molecule has 1 heterocycles. The number of primary amides is 1. The van der Waals surface area contributed by atoms with E-state index in [0.29, 0.717) is 20.1 Å². The molecule has 0 aliphatic heterocycles. The number of carbonyl (C=O) groups excluding carboxylic acids is 2. The van der Waals surface area contributed by atoms with Crippen molar-refractivity contribution in [3.63, 3.8) is 0 Å². The van der Waals surface area contributed by atoms with Crippen molar-refractivity contribution >= 4 is 59.0 Å². The van der Waals surface area contributed by atoms with Crippen molar-refractivity contribution in [2.24, 2.45) is 5.73 Å². The zero-order valence-electron chi connectivity index (χ0n) is 11.1. The average molecular weight is 356 g/mol. The minimum absolute atomic E-state index is 0.156. The lowest BCUT2D eigenvalue weighted by atomic mass is 10.3. The molecule has 0 aliphatic carbocycles. The Labute approximate surface area is 139 Å². The molecule has 0 atom stereocenters. The smallest absolute Gasteiger partial charge is 0.330 e. The molecule has 22 heavy (non-hydrogen) atoms. The van der Waals surface area contributed by atoms with Crippen LogP contribution in [0.15, 0.2) is 32.9 Å². The van der Waals surface area contributed by atoms with E-state index in [1.165, 1.54) is 23.1 Å². The summed E-state index contributed by atoms with van der Waals surface area (Å²) in [5.41, 5.74) is 11.1. The highest BCUT2D eigenvalue weighted by atomic mass is 32.2. The molecule has 0 spiro atoms. The summed E-state index contributed by atoms with van der Waals surface area (Å²) in [6, 6.07) is 6.09. The van der Waals surface area contributed by atoms with Crippen LogP contribution in [0, 0.1) is 0 Å². The fourth-order valence-electron chi connectivity index (χ4n) is 1.36. The Morgan fingerprint density at radius 2 is 1.91 bits per heavy atom. The molecule has 0 unspecified atom stereocenters. The maximum Gasteiger partial charge on any atom is 0.330 e. The minimum atomic E-state index is -0.685. The van der Waals surface area contributed by atoms with Crippen molar-refractivity contribution in [1.82, 2.24) is 15.6 Å². The standard InChI is InChI=1S/C11H12N6O2S3/c12-9(19)15-14-7-3-1-6(2-4-7)13-8(18)5-21-11-17-16-10(20)22-11/h1-4,14H,5H2,(H,13,18)(H,16,20)(H3,12,15,19). The van der Waals surface area contributed by atoms with Crippen molar-refractivity contribution in [2.45, 2.75) is 8.68 Å². The molecule has 11 heteroatoms. The highest BCUT2D eigenvalue weighted by Gasteiger charge is 2.07. The number of amides is 3. The third kappa shape index (κ3) is 5.42. The molecule has 0 radical (unpaired) electrons. The number of urea groups is 1. The molecule has 0 fully saturated rings. The number of carbonyl (C=O) groups is 2. The number of nitrogens with one attached hydrogen (secondary N) is 3. The molecule has 0 bridgehead atoms. The van der Waals surface area contributed by atoms with Crippen LogP contribution in [-0.4, -0.2) is 27.9 Å². The van der Waals surface area contributed by atoms with E-state index in [1.807, 2.05) is 0 Å². The van der Waals surface area contributed by atoms with E-state index in [-0.39, 0.29) is 11.7 Å². The Balaban J connectivity index is 1.79. The van der Waals surface area contributed by atoms with Crippen LogP contribution in [0.2, 0.25) is 0 Å². The lowest BCUT2D eigenvalue weighted by Crippen LogP contribution is -2.34. The second-order valence-electron chi connectivity index (χ2n) is 3.88. The van der Waals surface area contributed by atoms with E-state index < -0.39 is 6.03 Å². The number of rotatable bonds is 6. The van der Waals surface area contributed by atoms with Gasteiger partial charge in [-0.3, -0.25) is 15.6 Å². The number of aromatic nitrogens is 2. The van der Waals surface area contributed by atoms with Gasteiger partial charge in [-0.1, -0.05) is 23.1 Å². The lowest BCUT2D eigenvalue weighted by molar-refractivity contribution is -0.113. The Hall–Kier alpha value is -1.98. The molecule has 2 aromatic rings. The van der Waals surface area contributed by atoms with Crippen molar-refractivity contribution in [2.75, 3.05) is 16.5 Å². The third-order valence-corrected chi connectivity index (χ3v) is 4.44. The zero-order valence-corrected chi connectivity index (χ0v) is 13.6. The quantitative estimate of drug-likeness (QED) is 0.304. The van der Waals surface area contributed by atoms with E-state index >= 15 is 0 Å². The number of thiol groups is 1. The first-order valence-corrected chi connectivity index (χ1v) is 8.14. The van der Waals surface area contributed by atoms with Gasteiger partial charge in [-0.05, 0) is 24.3 Å². The van der Waals surface area contributed by atoms with Crippen molar-refractivity contribution in [1.29, 1.82) is 0 Å². The number of hydrogen-bond acceptors (Lipinski definition) is 8. The molecule has 0 aliphatic rings. The van der Waals surface area contributed by atoms with Crippen LogP contribution in [0.5, 0.6) is 0 Å². The first-order chi connectivity index (χ1) is 10.5. The average Bonchev–Trinajstić information content (AvgIpc) is 2.90. The molecule has 3 amide bonds. The number of nitrogens with two attached hydrogens (primary N) is 1. The molecule has 5 N–H and O–H groups in total. The molecular formula is C11H12N6O2S3. The number of hydrogen-bond donors (Lipinski definition) is 5. The first kappa shape index (κ1) is 16.4. The van der Waals surface area contributed by atoms with Gasteiger partial charge in [0.05, 0.1) is 11.4 Å². The molecular weight excluding hydrogens is 344 g/mol. The molecule has 0 saturated heterocycles. The van der Waals surface area contributed by atoms with Gasteiger partial charge in [-0.25, -0.2) is 4.79 Å². The van der Waals surface area contributed by atoms with Crippen LogP contribution in [0.25, 0.3) is 0 Å². The molecule has 1 aromatic carbocycles. The van der Waals surface area contributed by atoms with Crippen molar-refractivity contribution in [3.05, 3.63) is 24.3 Å². The Bertz CT molecular complexity index is 660. The Kier molecular flexibility index (Phi) is 5.86. The van der Waals surface area contributed by atoms with Crippen LogP contribution in [-0.2, 0) is 4.79 Å². The Morgan fingerprint density at radius 3 is 2.50 bits per heavy atom.